The monoisotopic (exact) mass is 248 g/mol. The Morgan fingerprint density at radius 2 is 1.94 bits per heavy atom. The van der Waals surface area contributed by atoms with E-state index in [4.69, 9.17) is 4.74 Å². The molecule has 1 aromatic rings. The van der Waals surface area contributed by atoms with E-state index in [9.17, 15) is 0 Å². The summed E-state index contributed by atoms with van der Waals surface area (Å²) < 4.78 is 5.76. The first-order chi connectivity index (χ1) is 8.69. The van der Waals surface area contributed by atoms with Crippen LogP contribution in [-0.2, 0) is 0 Å². The van der Waals surface area contributed by atoms with Gasteiger partial charge in [0, 0.05) is 6.04 Å². The van der Waals surface area contributed by atoms with Crippen LogP contribution < -0.4 is 10.1 Å². The fourth-order valence-electron chi connectivity index (χ4n) is 2.02. The van der Waals surface area contributed by atoms with Crippen LogP contribution >= 0.6 is 0 Å². The third-order valence-corrected chi connectivity index (χ3v) is 3.32. The Balaban J connectivity index is 1.92. The van der Waals surface area contributed by atoms with E-state index in [0.717, 1.165) is 18.7 Å². The molecule has 0 heterocycles. The van der Waals surface area contributed by atoms with E-state index in [0.29, 0.717) is 12.1 Å². The second-order valence-corrected chi connectivity index (χ2v) is 5.32. The average Bonchev–Trinajstić information content (AvgIpc) is 3.15. The van der Waals surface area contributed by atoms with E-state index < -0.39 is 0 Å². The molecule has 0 aliphatic heterocycles. The van der Waals surface area contributed by atoms with Gasteiger partial charge in [0.05, 0.1) is 6.10 Å². The van der Waals surface area contributed by atoms with E-state index in [2.05, 4.69) is 48.6 Å². The molecule has 0 aromatic heterocycles. The first-order valence-corrected chi connectivity index (χ1v) is 6.77. The van der Waals surface area contributed by atoms with Crippen LogP contribution in [0.5, 0.6) is 5.75 Å². The summed E-state index contributed by atoms with van der Waals surface area (Å²) in [7, 11) is 6.24. The van der Waals surface area contributed by atoms with Crippen molar-refractivity contribution < 1.29 is 4.74 Å². The molecule has 1 unspecified atom stereocenters. The number of nitrogens with one attached hydrogen (secondary N) is 1. The molecule has 100 valence electrons. The summed E-state index contributed by atoms with van der Waals surface area (Å²) in [6.45, 7) is 1.09. The minimum Gasteiger partial charge on any atom is -0.490 e. The molecule has 1 saturated carbocycles. The van der Waals surface area contributed by atoms with Gasteiger partial charge in [-0.15, -0.1) is 0 Å². The summed E-state index contributed by atoms with van der Waals surface area (Å²) in [6.07, 6.45) is 4.02. The number of rotatable bonds is 7. The summed E-state index contributed by atoms with van der Waals surface area (Å²) >= 11 is 0. The van der Waals surface area contributed by atoms with E-state index >= 15 is 0 Å². The largest absolute Gasteiger partial charge is 0.490 e. The van der Waals surface area contributed by atoms with Crippen LogP contribution in [0.3, 0.4) is 0 Å². The summed E-state index contributed by atoms with van der Waals surface area (Å²) in [4.78, 5) is 2.22. The zero-order valence-corrected chi connectivity index (χ0v) is 11.6. The summed E-state index contributed by atoms with van der Waals surface area (Å²) in [5, 5.41) is 3.38. The van der Waals surface area contributed by atoms with Gasteiger partial charge in [0.25, 0.3) is 0 Å². The molecule has 0 bridgehead atoms. The minimum absolute atomic E-state index is 0.419. The molecule has 1 aliphatic carbocycles. The summed E-state index contributed by atoms with van der Waals surface area (Å²) in [5.74, 6) is 1.00. The number of nitrogens with zero attached hydrogens (tertiary/aromatic N) is 1. The van der Waals surface area contributed by atoms with Gasteiger partial charge in [-0.05, 0) is 64.6 Å². The first kappa shape index (κ1) is 13.4. The van der Waals surface area contributed by atoms with Crippen LogP contribution in [0.15, 0.2) is 24.3 Å². The topological polar surface area (TPSA) is 24.5 Å². The van der Waals surface area contributed by atoms with Crippen LogP contribution in [0, 0.1) is 0 Å². The van der Waals surface area contributed by atoms with Crippen molar-refractivity contribution >= 4 is 0 Å². The highest BCUT2D eigenvalue weighted by atomic mass is 16.5. The lowest BCUT2D eigenvalue weighted by Gasteiger charge is -2.19. The number of hydrogen-bond acceptors (Lipinski definition) is 3. The SMILES string of the molecule is CNC(CCN(C)C)c1ccc(OC2CC2)cc1. The van der Waals surface area contributed by atoms with Gasteiger partial charge in [0.2, 0.25) is 0 Å². The lowest BCUT2D eigenvalue weighted by Crippen LogP contribution is -2.22. The van der Waals surface area contributed by atoms with Gasteiger partial charge in [-0.25, -0.2) is 0 Å². The molecule has 2 rings (SSSR count). The zero-order chi connectivity index (χ0) is 13.0. The predicted molar refractivity (Wildman–Crippen MR) is 75.1 cm³/mol. The van der Waals surface area contributed by atoms with Crippen molar-refractivity contribution in [3.05, 3.63) is 29.8 Å². The lowest BCUT2D eigenvalue weighted by molar-refractivity contribution is 0.303. The maximum atomic E-state index is 5.76. The Hall–Kier alpha value is -1.06. The Labute approximate surface area is 110 Å². The van der Waals surface area contributed by atoms with Crippen molar-refractivity contribution in [1.29, 1.82) is 0 Å². The molecule has 0 radical (unpaired) electrons. The molecule has 1 aromatic carbocycles. The van der Waals surface area contributed by atoms with Gasteiger partial charge >= 0.3 is 0 Å². The van der Waals surface area contributed by atoms with Gasteiger partial charge in [-0.1, -0.05) is 12.1 Å². The normalized spacial score (nSPS) is 16.9. The van der Waals surface area contributed by atoms with Crippen LogP contribution in [0.1, 0.15) is 30.9 Å². The molecule has 1 atom stereocenters. The highest BCUT2D eigenvalue weighted by Gasteiger charge is 2.23. The van der Waals surface area contributed by atoms with Crippen LogP contribution in [-0.4, -0.2) is 38.7 Å². The number of benzene rings is 1. The fraction of sp³-hybridized carbons (Fsp3) is 0.600. The van der Waals surface area contributed by atoms with Gasteiger partial charge in [-0.3, -0.25) is 0 Å². The van der Waals surface area contributed by atoms with Crippen molar-refractivity contribution in [3.63, 3.8) is 0 Å². The van der Waals surface area contributed by atoms with E-state index in [-0.39, 0.29) is 0 Å². The molecule has 0 amide bonds. The minimum atomic E-state index is 0.419. The molecule has 1 N–H and O–H groups in total. The number of hydrogen-bond donors (Lipinski definition) is 1. The van der Waals surface area contributed by atoms with Crippen LogP contribution in [0.25, 0.3) is 0 Å². The van der Waals surface area contributed by atoms with E-state index in [1.165, 1.54) is 18.4 Å². The quantitative estimate of drug-likeness (QED) is 0.802. The molecular weight excluding hydrogens is 224 g/mol. The molecule has 3 nitrogen and oxygen atoms in total. The van der Waals surface area contributed by atoms with Crippen LogP contribution in [0.4, 0.5) is 0 Å². The second kappa shape index (κ2) is 6.21. The maximum absolute atomic E-state index is 5.76. The first-order valence-electron chi connectivity index (χ1n) is 6.77. The zero-order valence-electron chi connectivity index (χ0n) is 11.6. The Morgan fingerprint density at radius 1 is 1.28 bits per heavy atom. The third-order valence-electron chi connectivity index (χ3n) is 3.32. The molecule has 1 aliphatic rings. The molecule has 0 spiro atoms. The summed E-state index contributed by atoms with van der Waals surface area (Å²) in [5.41, 5.74) is 1.34. The maximum Gasteiger partial charge on any atom is 0.119 e. The Bertz CT molecular complexity index is 357. The second-order valence-electron chi connectivity index (χ2n) is 5.32. The molecule has 3 heteroatoms. The molecule has 1 fully saturated rings. The third kappa shape index (κ3) is 4.00. The molecular formula is C15H24N2O. The highest BCUT2D eigenvalue weighted by Crippen LogP contribution is 2.27. The average molecular weight is 248 g/mol. The van der Waals surface area contributed by atoms with Gasteiger partial charge in [-0.2, -0.15) is 0 Å². The van der Waals surface area contributed by atoms with Crippen molar-refractivity contribution in [3.8, 4) is 5.75 Å². The standard InChI is InChI=1S/C15H24N2O/c1-16-15(10-11-17(2)3)12-4-6-13(7-5-12)18-14-8-9-14/h4-7,14-16H,8-11H2,1-3H3. The smallest absolute Gasteiger partial charge is 0.119 e. The van der Waals surface area contributed by atoms with Crippen molar-refractivity contribution in [2.45, 2.75) is 31.4 Å². The van der Waals surface area contributed by atoms with Gasteiger partial charge in [0.1, 0.15) is 5.75 Å². The predicted octanol–water partition coefficient (Wildman–Crippen LogP) is 2.44. The van der Waals surface area contributed by atoms with Gasteiger partial charge < -0.3 is 15.0 Å². The fourth-order valence-corrected chi connectivity index (χ4v) is 2.02. The van der Waals surface area contributed by atoms with E-state index in [1.807, 2.05) is 7.05 Å². The van der Waals surface area contributed by atoms with Crippen LogP contribution in [0.2, 0.25) is 0 Å². The van der Waals surface area contributed by atoms with Gasteiger partial charge in [0.15, 0.2) is 0 Å². The molecule has 18 heavy (non-hydrogen) atoms. The van der Waals surface area contributed by atoms with Crippen molar-refractivity contribution in [1.82, 2.24) is 10.2 Å². The lowest BCUT2D eigenvalue weighted by atomic mass is 10.0. The van der Waals surface area contributed by atoms with Crippen molar-refractivity contribution in [2.24, 2.45) is 0 Å². The Kier molecular flexibility index (Phi) is 4.61. The number of ether oxygens (including phenoxy) is 1. The highest BCUT2D eigenvalue weighted by molar-refractivity contribution is 5.29. The molecule has 0 saturated heterocycles. The van der Waals surface area contributed by atoms with E-state index in [1.54, 1.807) is 0 Å². The summed E-state index contributed by atoms with van der Waals surface area (Å²) in [6, 6.07) is 8.95. The van der Waals surface area contributed by atoms with Crippen molar-refractivity contribution in [2.75, 3.05) is 27.7 Å². The Morgan fingerprint density at radius 3 is 2.44 bits per heavy atom.